The summed E-state index contributed by atoms with van der Waals surface area (Å²) in [5, 5.41) is 0. The Labute approximate surface area is 186 Å². The smallest absolute Gasteiger partial charge is 0.227 e. The van der Waals surface area contributed by atoms with Gasteiger partial charge >= 0.3 is 0 Å². The second-order valence-corrected chi connectivity index (χ2v) is 7.98. The number of fused-ring (bicyclic) bond motifs is 1. The van der Waals surface area contributed by atoms with Crippen LogP contribution in [0.25, 0.3) is 11.0 Å². The van der Waals surface area contributed by atoms with Gasteiger partial charge in [0.15, 0.2) is 0 Å². The number of halogens is 1. The average Bonchev–Trinajstić information content (AvgIpc) is 3.38. The maximum atomic E-state index is 14.3. The Morgan fingerprint density at radius 3 is 2.56 bits per heavy atom. The third kappa shape index (κ3) is 3.96. The molecule has 3 aromatic carbocycles. The van der Waals surface area contributed by atoms with Crippen molar-refractivity contribution < 1.29 is 13.9 Å². The van der Waals surface area contributed by atoms with Gasteiger partial charge in [-0.1, -0.05) is 42.5 Å². The fourth-order valence-corrected chi connectivity index (χ4v) is 4.35. The van der Waals surface area contributed by atoms with E-state index in [0.717, 1.165) is 35.6 Å². The molecule has 0 spiro atoms. The molecule has 1 aromatic heterocycles. The molecule has 1 atom stereocenters. The van der Waals surface area contributed by atoms with E-state index >= 15 is 0 Å². The molecule has 5 nitrogen and oxygen atoms in total. The number of carbonyl (C=O) groups excluding carboxylic acids is 1. The summed E-state index contributed by atoms with van der Waals surface area (Å²) >= 11 is 0. The number of hydrogen-bond donors (Lipinski definition) is 0. The van der Waals surface area contributed by atoms with Crippen molar-refractivity contribution in [1.29, 1.82) is 0 Å². The molecule has 32 heavy (non-hydrogen) atoms. The van der Waals surface area contributed by atoms with Crippen LogP contribution >= 0.6 is 0 Å². The minimum absolute atomic E-state index is 0.0777. The molecule has 0 aliphatic carbocycles. The summed E-state index contributed by atoms with van der Waals surface area (Å²) in [7, 11) is 0. The van der Waals surface area contributed by atoms with Gasteiger partial charge in [-0.25, -0.2) is 9.37 Å². The van der Waals surface area contributed by atoms with Crippen LogP contribution in [0.2, 0.25) is 0 Å². The number of hydrogen-bond acceptors (Lipinski definition) is 3. The van der Waals surface area contributed by atoms with Crippen LogP contribution in [0, 0.1) is 5.82 Å². The number of ether oxygens (including phenoxy) is 1. The Hall–Kier alpha value is -3.67. The summed E-state index contributed by atoms with van der Waals surface area (Å²) in [6, 6.07) is 24.2. The number of para-hydroxylation sites is 4. The third-order valence-corrected chi connectivity index (χ3v) is 5.86. The molecule has 0 bridgehead atoms. The molecule has 6 heteroatoms. The molecule has 2 heterocycles. The van der Waals surface area contributed by atoms with E-state index in [9.17, 15) is 9.18 Å². The van der Waals surface area contributed by atoms with Crippen molar-refractivity contribution >= 4 is 22.6 Å². The van der Waals surface area contributed by atoms with Gasteiger partial charge in [-0.3, -0.25) is 4.79 Å². The highest BCUT2D eigenvalue weighted by Crippen LogP contribution is 2.34. The van der Waals surface area contributed by atoms with E-state index in [0.29, 0.717) is 25.3 Å². The van der Waals surface area contributed by atoms with Gasteiger partial charge < -0.3 is 14.2 Å². The molecule has 0 N–H and O–H groups in total. The van der Waals surface area contributed by atoms with E-state index in [1.165, 1.54) is 6.07 Å². The fourth-order valence-electron chi connectivity index (χ4n) is 4.35. The van der Waals surface area contributed by atoms with Crippen molar-refractivity contribution in [3.63, 3.8) is 0 Å². The zero-order valence-corrected chi connectivity index (χ0v) is 17.7. The van der Waals surface area contributed by atoms with Gasteiger partial charge in [-0.15, -0.1) is 0 Å². The largest absolute Gasteiger partial charge is 0.494 e. The lowest BCUT2D eigenvalue weighted by atomic mass is 10.1. The summed E-state index contributed by atoms with van der Waals surface area (Å²) in [6.45, 7) is 1.73. The van der Waals surface area contributed by atoms with Crippen molar-refractivity contribution in [2.24, 2.45) is 0 Å². The van der Waals surface area contributed by atoms with Crippen LogP contribution in [0.5, 0.6) is 5.75 Å². The quantitative estimate of drug-likeness (QED) is 0.381. The maximum absolute atomic E-state index is 14.3. The zero-order valence-electron chi connectivity index (χ0n) is 17.7. The Balaban J connectivity index is 1.37. The Morgan fingerprint density at radius 1 is 0.969 bits per heavy atom. The second kappa shape index (κ2) is 8.83. The highest BCUT2D eigenvalue weighted by atomic mass is 19.1. The van der Waals surface area contributed by atoms with Crippen molar-refractivity contribution in [2.45, 2.75) is 25.3 Å². The predicted molar refractivity (Wildman–Crippen MR) is 122 cm³/mol. The molecule has 1 saturated heterocycles. The van der Waals surface area contributed by atoms with Crippen LogP contribution < -0.4 is 9.64 Å². The number of benzene rings is 3. The predicted octanol–water partition coefficient (Wildman–Crippen LogP) is 5.17. The molecule has 0 saturated carbocycles. The van der Waals surface area contributed by atoms with E-state index < -0.39 is 0 Å². The zero-order chi connectivity index (χ0) is 21.9. The maximum Gasteiger partial charge on any atom is 0.227 e. The molecule has 5 rings (SSSR count). The van der Waals surface area contributed by atoms with Gasteiger partial charge in [0.05, 0.1) is 23.3 Å². The SMILES string of the molecule is O=C1CC(c2nc3ccccc3n2CCCOc2ccccc2)CN1c1ccccc1F. The van der Waals surface area contributed by atoms with Crippen molar-refractivity contribution in [3.8, 4) is 5.75 Å². The normalized spacial score (nSPS) is 16.1. The van der Waals surface area contributed by atoms with Gasteiger partial charge in [0.1, 0.15) is 17.4 Å². The Kier molecular flexibility index (Phi) is 5.58. The van der Waals surface area contributed by atoms with Gasteiger partial charge in [-0.2, -0.15) is 0 Å². The van der Waals surface area contributed by atoms with E-state index in [-0.39, 0.29) is 17.6 Å². The number of nitrogens with zero attached hydrogens (tertiary/aromatic N) is 3. The first-order chi connectivity index (χ1) is 15.7. The van der Waals surface area contributed by atoms with Gasteiger partial charge in [0.2, 0.25) is 5.91 Å². The van der Waals surface area contributed by atoms with Crippen molar-refractivity contribution in [2.75, 3.05) is 18.1 Å². The molecule has 1 aliphatic rings. The fraction of sp³-hybridized carbons (Fsp3) is 0.231. The number of anilines is 1. The molecule has 4 aromatic rings. The third-order valence-electron chi connectivity index (χ3n) is 5.86. The van der Waals surface area contributed by atoms with Gasteiger partial charge in [-0.05, 0) is 42.8 Å². The van der Waals surface area contributed by atoms with Gasteiger partial charge in [0.25, 0.3) is 0 Å². The lowest BCUT2D eigenvalue weighted by Crippen LogP contribution is -2.25. The summed E-state index contributed by atoms with van der Waals surface area (Å²) in [5.74, 6) is 1.17. The summed E-state index contributed by atoms with van der Waals surface area (Å²) in [4.78, 5) is 19.2. The number of carbonyl (C=O) groups is 1. The van der Waals surface area contributed by atoms with E-state index in [4.69, 9.17) is 9.72 Å². The number of imidazole rings is 1. The molecule has 1 aliphatic heterocycles. The summed E-state index contributed by atoms with van der Waals surface area (Å²) in [5.41, 5.74) is 2.28. The minimum atomic E-state index is -0.381. The Morgan fingerprint density at radius 2 is 1.72 bits per heavy atom. The molecule has 0 radical (unpaired) electrons. The van der Waals surface area contributed by atoms with Crippen LogP contribution in [0.15, 0.2) is 78.9 Å². The highest BCUT2D eigenvalue weighted by molar-refractivity contribution is 5.96. The molecule has 162 valence electrons. The van der Waals surface area contributed by atoms with Crippen LogP contribution in [-0.4, -0.2) is 28.6 Å². The second-order valence-electron chi connectivity index (χ2n) is 7.98. The van der Waals surface area contributed by atoms with E-state index in [2.05, 4.69) is 10.6 Å². The van der Waals surface area contributed by atoms with Crippen LogP contribution in [0.4, 0.5) is 10.1 Å². The lowest BCUT2D eigenvalue weighted by molar-refractivity contribution is -0.117. The monoisotopic (exact) mass is 429 g/mol. The Bertz CT molecular complexity index is 1240. The first-order valence-corrected chi connectivity index (χ1v) is 10.9. The number of aromatic nitrogens is 2. The molecule has 1 unspecified atom stereocenters. The van der Waals surface area contributed by atoms with Crippen LogP contribution in [0.3, 0.4) is 0 Å². The van der Waals surface area contributed by atoms with Crippen molar-refractivity contribution in [1.82, 2.24) is 9.55 Å². The molecular weight excluding hydrogens is 405 g/mol. The first-order valence-electron chi connectivity index (χ1n) is 10.9. The molecule has 1 fully saturated rings. The number of rotatable bonds is 7. The lowest BCUT2D eigenvalue weighted by Gasteiger charge is -2.18. The number of amides is 1. The molecular formula is C26H24FN3O2. The van der Waals surface area contributed by atoms with Crippen LogP contribution in [-0.2, 0) is 11.3 Å². The van der Waals surface area contributed by atoms with Gasteiger partial charge in [0, 0.05) is 25.4 Å². The standard InChI is InChI=1S/C26H24FN3O2/c27-21-11-4-6-13-23(21)30-18-19(17-25(30)31)26-28-22-12-5-7-14-24(22)29(26)15-8-16-32-20-9-2-1-3-10-20/h1-7,9-14,19H,8,15-18H2. The van der Waals surface area contributed by atoms with Crippen LogP contribution in [0.1, 0.15) is 24.6 Å². The summed E-state index contributed by atoms with van der Waals surface area (Å²) in [6.07, 6.45) is 1.12. The topological polar surface area (TPSA) is 47.4 Å². The minimum Gasteiger partial charge on any atom is -0.494 e. The summed E-state index contributed by atoms with van der Waals surface area (Å²) < 4.78 is 22.3. The highest BCUT2D eigenvalue weighted by Gasteiger charge is 2.35. The van der Waals surface area contributed by atoms with Crippen molar-refractivity contribution in [3.05, 3.63) is 90.5 Å². The van der Waals surface area contributed by atoms with E-state index in [1.54, 1.807) is 23.1 Å². The first kappa shape index (κ1) is 20.2. The molecule has 1 amide bonds. The van der Waals surface area contributed by atoms with E-state index in [1.807, 2.05) is 48.5 Å². The number of aryl methyl sites for hydroxylation is 1. The average molecular weight is 429 g/mol.